The van der Waals surface area contributed by atoms with Gasteiger partial charge in [-0.1, -0.05) is 30.3 Å². The van der Waals surface area contributed by atoms with Crippen molar-refractivity contribution in [2.75, 3.05) is 48.3 Å². The first-order valence-electron chi connectivity index (χ1n) is 6.86. The van der Waals surface area contributed by atoms with Crippen LogP contribution in [0.25, 0.3) is 0 Å². The van der Waals surface area contributed by atoms with Crippen molar-refractivity contribution < 1.29 is 38.4 Å². The molecule has 0 unspecified atom stereocenters. The van der Waals surface area contributed by atoms with Crippen LogP contribution in [0.3, 0.4) is 0 Å². The van der Waals surface area contributed by atoms with E-state index in [1.165, 1.54) is 18.7 Å². The number of rotatable bonds is 4. The summed E-state index contributed by atoms with van der Waals surface area (Å²) >= 11 is 0. The molecule has 1 aromatic rings. The number of hydrogen-bond acceptors (Lipinski definition) is 0. The number of benzene rings is 1. The smallest absolute Gasteiger partial charge is 0.104 e. The van der Waals surface area contributed by atoms with Crippen molar-refractivity contribution in [1.29, 1.82) is 0 Å². The first-order chi connectivity index (χ1) is 8.20. The Morgan fingerprint density at radius 2 is 1.20 bits per heavy atom. The Balaban J connectivity index is -0.000000316. The van der Waals surface area contributed by atoms with Gasteiger partial charge in [0, 0.05) is 5.56 Å². The third kappa shape index (κ3) is 14.3. The van der Waals surface area contributed by atoms with Crippen molar-refractivity contribution in [2.45, 2.75) is 20.4 Å². The molecule has 0 saturated heterocycles. The van der Waals surface area contributed by atoms with E-state index in [4.69, 9.17) is 0 Å². The van der Waals surface area contributed by atoms with Gasteiger partial charge in [-0.2, -0.15) is 0 Å². The minimum Gasteiger partial charge on any atom is -1.00 e. The van der Waals surface area contributed by atoms with Crippen LogP contribution in [0.2, 0.25) is 0 Å². The van der Waals surface area contributed by atoms with Crippen molar-refractivity contribution in [3.8, 4) is 0 Å². The highest BCUT2D eigenvalue weighted by Crippen LogP contribution is 2.07. The lowest BCUT2D eigenvalue weighted by atomic mass is 10.2. The topological polar surface area (TPSA) is 0 Å². The third-order valence-corrected chi connectivity index (χ3v) is 3.26. The van der Waals surface area contributed by atoms with Gasteiger partial charge in [0.1, 0.15) is 6.54 Å². The van der Waals surface area contributed by atoms with Crippen LogP contribution in [0, 0.1) is 0 Å². The van der Waals surface area contributed by atoms with Crippen LogP contribution in [0.4, 0.5) is 0 Å². The molecule has 0 bridgehead atoms. The zero-order chi connectivity index (χ0) is 14.2. The fourth-order valence-corrected chi connectivity index (χ4v) is 1.19. The fraction of sp³-hybridized carbons (Fsp3) is 0.625. The summed E-state index contributed by atoms with van der Waals surface area (Å²) in [6.07, 6.45) is 0. The average Bonchev–Trinajstić information content (AvgIpc) is 2.30. The molecule has 20 heavy (non-hydrogen) atoms. The minimum atomic E-state index is 0. The summed E-state index contributed by atoms with van der Waals surface area (Å²) in [5.41, 5.74) is 1.42. The summed E-state index contributed by atoms with van der Waals surface area (Å²) in [6, 6.07) is 10.6. The lowest BCUT2D eigenvalue weighted by Gasteiger charge is -2.28. The highest BCUT2D eigenvalue weighted by molar-refractivity contribution is 5.13. The molecule has 0 N–H and O–H groups in total. The van der Waals surface area contributed by atoms with Gasteiger partial charge in [-0.15, -0.1) is 0 Å². The van der Waals surface area contributed by atoms with Crippen molar-refractivity contribution in [2.24, 2.45) is 0 Å². The first-order valence-corrected chi connectivity index (χ1v) is 6.86. The molecule has 0 atom stereocenters. The van der Waals surface area contributed by atoms with Crippen LogP contribution < -0.4 is 29.4 Å². The van der Waals surface area contributed by atoms with Crippen molar-refractivity contribution in [1.82, 2.24) is 0 Å². The summed E-state index contributed by atoms with van der Waals surface area (Å²) in [5.74, 6) is 0. The summed E-state index contributed by atoms with van der Waals surface area (Å²) in [5, 5.41) is 0. The molecule has 0 heterocycles. The van der Waals surface area contributed by atoms with Crippen LogP contribution in [-0.2, 0) is 6.54 Å². The molecule has 0 aromatic heterocycles. The van der Waals surface area contributed by atoms with Gasteiger partial charge in [0.2, 0.25) is 0 Å². The molecule has 0 aliphatic carbocycles. The van der Waals surface area contributed by atoms with E-state index < -0.39 is 0 Å². The second kappa shape index (κ2) is 11.6. The molecule has 0 radical (unpaired) electrons. The maximum atomic E-state index is 2.26. The Morgan fingerprint density at radius 3 is 1.50 bits per heavy atom. The Hall–Kier alpha value is -0.0900. The molecule has 0 aliphatic rings. The van der Waals surface area contributed by atoms with Crippen molar-refractivity contribution >= 4 is 0 Å². The van der Waals surface area contributed by atoms with Gasteiger partial charge in [-0.3, -0.25) is 0 Å². The van der Waals surface area contributed by atoms with Crippen LogP contribution in [0.1, 0.15) is 19.4 Å². The normalized spacial score (nSPS) is 10.6. The summed E-state index contributed by atoms with van der Waals surface area (Å²) in [7, 11) is 11.1. The maximum absolute atomic E-state index is 2.26. The van der Waals surface area contributed by atoms with Gasteiger partial charge < -0.3 is 38.4 Å². The molecule has 120 valence electrons. The van der Waals surface area contributed by atoms with E-state index >= 15 is 0 Å². The van der Waals surface area contributed by atoms with Crippen LogP contribution in [0.5, 0.6) is 0 Å². The molecule has 0 amide bonds. The lowest BCUT2D eigenvalue weighted by molar-refractivity contribution is -0.901. The van der Waals surface area contributed by atoms with E-state index in [0.29, 0.717) is 0 Å². The summed E-state index contributed by atoms with van der Waals surface area (Å²) < 4.78 is 2.13. The largest absolute Gasteiger partial charge is 1.00 e. The van der Waals surface area contributed by atoms with Crippen LogP contribution >= 0.6 is 0 Å². The Bertz CT molecular complexity index is 321. The minimum absolute atomic E-state index is 0. The van der Waals surface area contributed by atoms with Crippen LogP contribution in [-0.4, -0.2) is 57.3 Å². The number of nitrogens with zero attached hydrogens (tertiary/aromatic N) is 2. The van der Waals surface area contributed by atoms with E-state index in [2.05, 4.69) is 79.4 Å². The molecule has 4 heteroatoms. The molecule has 0 aliphatic heterocycles. The zero-order valence-electron chi connectivity index (χ0n) is 14.2. The third-order valence-electron chi connectivity index (χ3n) is 3.26. The van der Waals surface area contributed by atoms with E-state index in [9.17, 15) is 0 Å². The Morgan fingerprint density at radius 1 is 0.800 bits per heavy atom. The van der Waals surface area contributed by atoms with Gasteiger partial charge in [0.15, 0.2) is 0 Å². The molecule has 0 fully saturated rings. The standard InChI is InChI=1S/C11H18N.C5H14N.BrH.ClH/c1-4-12(2,3)10-11-8-6-5-7-9-11;1-5-6(2,3)4;;/h5-9H,4,10H2,1-3H3;5H2,1-4H3;2*1H/q2*+1;;/p-2. The molecule has 1 rings (SSSR count). The predicted molar refractivity (Wildman–Crippen MR) is 81.4 cm³/mol. The number of halogens is 2. The predicted octanol–water partition coefficient (Wildman–Crippen LogP) is -3.00. The number of quaternary nitrogens is 2. The monoisotopic (exact) mass is 366 g/mol. The van der Waals surface area contributed by atoms with Crippen molar-refractivity contribution in [3.63, 3.8) is 0 Å². The zero-order valence-corrected chi connectivity index (χ0v) is 16.5. The van der Waals surface area contributed by atoms with Gasteiger partial charge in [0.05, 0.1) is 48.3 Å². The summed E-state index contributed by atoms with van der Waals surface area (Å²) in [6.45, 7) is 7.91. The second-order valence-corrected chi connectivity index (χ2v) is 6.50. The highest BCUT2D eigenvalue weighted by Gasteiger charge is 2.11. The van der Waals surface area contributed by atoms with E-state index in [1.807, 2.05) is 0 Å². The number of hydrogen-bond donors (Lipinski definition) is 0. The van der Waals surface area contributed by atoms with Gasteiger partial charge in [-0.05, 0) is 13.8 Å². The molecule has 0 saturated carbocycles. The van der Waals surface area contributed by atoms with Gasteiger partial charge in [-0.25, -0.2) is 0 Å². The van der Waals surface area contributed by atoms with E-state index in [0.717, 1.165) is 15.5 Å². The molecular formula is C16H32BrClN2. The fourth-order valence-electron chi connectivity index (χ4n) is 1.19. The quantitative estimate of drug-likeness (QED) is 0.498. The van der Waals surface area contributed by atoms with E-state index in [-0.39, 0.29) is 29.4 Å². The molecule has 1 aromatic carbocycles. The van der Waals surface area contributed by atoms with Gasteiger partial charge >= 0.3 is 0 Å². The second-order valence-electron chi connectivity index (χ2n) is 6.50. The summed E-state index contributed by atoms with van der Waals surface area (Å²) in [4.78, 5) is 0. The molecule has 0 spiro atoms. The first kappa shape index (κ1) is 24.9. The Labute approximate surface area is 143 Å². The van der Waals surface area contributed by atoms with Gasteiger partial charge in [0.25, 0.3) is 0 Å². The lowest BCUT2D eigenvalue weighted by Crippen LogP contribution is -3.00. The molecule has 2 nitrogen and oxygen atoms in total. The molecular weight excluding hydrogens is 336 g/mol. The average molecular weight is 368 g/mol. The van der Waals surface area contributed by atoms with Crippen LogP contribution in [0.15, 0.2) is 30.3 Å². The maximum Gasteiger partial charge on any atom is 0.104 e. The van der Waals surface area contributed by atoms with E-state index in [1.54, 1.807) is 0 Å². The highest BCUT2D eigenvalue weighted by atomic mass is 79.9. The Kier molecular flexibility index (Phi) is 14.4. The van der Waals surface area contributed by atoms with Crippen molar-refractivity contribution in [3.05, 3.63) is 35.9 Å². The SMILES string of the molecule is CC[N+](C)(C)C.CC[N+](C)(C)Cc1ccccc1.[Br-].[Cl-].